The summed E-state index contributed by atoms with van der Waals surface area (Å²) in [5.74, 6) is 0.699. The second-order valence-electron chi connectivity index (χ2n) is 8.42. The molecule has 3 rings (SSSR count). The summed E-state index contributed by atoms with van der Waals surface area (Å²) in [6, 6.07) is 3.78. The molecule has 27 heavy (non-hydrogen) atoms. The van der Waals surface area contributed by atoms with E-state index < -0.39 is 17.8 Å². The minimum Gasteiger partial charge on any atom is -0.432 e. The fourth-order valence-corrected chi connectivity index (χ4v) is 5.31. The van der Waals surface area contributed by atoms with Crippen molar-refractivity contribution >= 4 is 15.9 Å². The predicted octanol–water partition coefficient (Wildman–Crippen LogP) is 7.97. The quantitative estimate of drug-likeness (QED) is 0.430. The molecule has 0 radical (unpaired) electrons. The van der Waals surface area contributed by atoms with Crippen molar-refractivity contribution in [3.63, 3.8) is 0 Å². The van der Waals surface area contributed by atoms with Gasteiger partial charge in [0.15, 0.2) is 0 Å². The Morgan fingerprint density at radius 2 is 1.59 bits per heavy atom. The average molecular weight is 447 g/mol. The van der Waals surface area contributed by atoms with Crippen molar-refractivity contribution in [1.82, 2.24) is 0 Å². The Kier molecular flexibility index (Phi) is 7.15. The van der Waals surface area contributed by atoms with Gasteiger partial charge in [0, 0.05) is 6.07 Å². The highest BCUT2D eigenvalue weighted by atomic mass is 79.9. The molecule has 2 fully saturated rings. The zero-order chi connectivity index (χ0) is 19.4. The smallest absolute Gasteiger partial charge is 0.400 e. The lowest BCUT2D eigenvalue weighted by molar-refractivity contribution is -0.224. The van der Waals surface area contributed by atoms with E-state index in [4.69, 9.17) is 4.74 Å². The third-order valence-electron chi connectivity index (χ3n) is 6.65. The van der Waals surface area contributed by atoms with Crippen LogP contribution in [0.25, 0.3) is 0 Å². The van der Waals surface area contributed by atoms with E-state index in [-0.39, 0.29) is 10.2 Å². The first-order chi connectivity index (χ1) is 12.9. The van der Waals surface area contributed by atoms with Gasteiger partial charge < -0.3 is 4.74 Å². The van der Waals surface area contributed by atoms with Gasteiger partial charge in [0.2, 0.25) is 0 Å². The largest absolute Gasteiger partial charge is 0.432 e. The topological polar surface area (TPSA) is 9.23 Å². The number of rotatable bonds is 6. The highest BCUT2D eigenvalue weighted by Gasteiger charge is 2.45. The summed E-state index contributed by atoms with van der Waals surface area (Å²) in [7, 11) is 0. The van der Waals surface area contributed by atoms with Crippen molar-refractivity contribution in [1.29, 1.82) is 0 Å². The number of ether oxygens (including phenoxy) is 1. The molecule has 0 N–H and O–H groups in total. The summed E-state index contributed by atoms with van der Waals surface area (Å²) in [4.78, 5) is 0. The fourth-order valence-electron chi connectivity index (χ4n) is 5.06. The molecule has 0 heterocycles. The van der Waals surface area contributed by atoms with Gasteiger partial charge >= 0.3 is 6.11 Å². The average Bonchev–Trinajstić information content (AvgIpc) is 2.66. The molecule has 2 aliphatic rings. The molecule has 0 aromatic heterocycles. The number of hydrogen-bond acceptors (Lipinski definition) is 1. The second-order valence-corrected chi connectivity index (χ2v) is 9.28. The lowest BCUT2D eigenvalue weighted by atomic mass is 9.68. The number of hydrogen-bond donors (Lipinski definition) is 0. The van der Waals surface area contributed by atoms with Crippen molar-refractivity contribution in [3.8, 4) is 5.75 Å². The summed E-state index contributed by atoms with van der Waals surface area (Å²) < 4.78 is 47.9. The summed E-state index contributed by atoms with van der Waals surface area (Å²) in [5.41, 5.74) is 0. The van der Waals surface area contributed by atoms with E-state index in [0.717, 1.165) is 24.8 Å². The standard InChI is InChI=1S/C22H30BrF3O/c1-2-3-15-4-6-16(7-5-15)17-8-10-18(11-9-17)22(25,26)27-19-12-13-20(23)21(24)14-19/h12-18H,2-11H2,1H3. The van der Waals surface area contributed by atoms with Crippen LogP contribution < -0.4 is 4.74 Å². The molecule has 1 nitrogen and oxygen atoms in total. The minimum atomic E-state index is -3.25. The van der Waals surface area contributed by atoms with Gasteiger partial charge in [-0.05, 0) is 84.3 Å². The first-order valence-corrected chi connectivity index (χ1v) is 11.2. The van der Waals surface area contributed by atoms with E-state index in [9.17, 15) is 13.2 Å². The molecular formula is C22H30BrF3O. The SMILES string of the molecule is CCCC1CCC(C2CCC(C(F)(F)Oc3ccc(Br)c(F)c3)CC2)CC1. The van der Waals surface area contributed by atoms with Gasteiger partial charge in [-0.25, -0.2) is 4.39 Å². The molecule has 152 valence electrons. The van der Waals surface area contributed by atoms with Crippen LogP contribution in [0.2, 0.25) is 0 Å². The molecule has 0 bridgehead atoms. The molecule has 2 saturated carbocycles. The molecule has 5 heteroatoms. The van der Waals surface area contributed by atoms with E-state index in [1.54, 1.807) is 0 Å². The molecule has 0 unspecified atom stereocenters. The van der Waals surface area contributed by atoms with Gasteiger partial charge in [0.1, 0.15) is 11.6 Å². The van der Waals surface area contributed by atoms with Crippen LogP contribution in [0, 0.1) is 29.5 Å². The summed E-state index contributed by atoms with van der Waals surface area (Å²) in [5, 5.41) is 0. The van der Waals surface area contributed by atoms with Crippen molar-refractivity contribution in [2.45, 2.75) is 77.2 Å². The van der Waals surface area contributed by atoms with E-state index >= 15 is 0 Å². The maximum Gasteiger partial charge on any atom is 0.400 e. The Morgan fingerprint density at radius 3 is 2.15 bits per heavy atom. The lowest BCUT2D eigenvalue weighted by Gasteiger charge is -2.39. The summed E-state index contributed by atoms with van der Waals surface area (Å²) in [6.45, 7) is 2.25. The number of halogens is 4. The Labute approximate surface area is 169 Å². The first-order valence-electron chi connectivity index (χ1n) is 10.4. The van der Waals surface area contributed by atoms with Crippen LogP contribution in [-0.4, -0.2) is 6.11 Å². The zero-order valence-electron chi connectivity index (χ0n) is 16.0. The van der Waals surface area contributed by atoms with Crippen LogP contribution in [0.15, 0.2) is 22.7 Å². The van der Waals surface area contributed by atoms with Crippen molar-refractivity contribution in [2.75, 3.05) is 0 Å². The first kappa shape index (κ1) is 21.0. The van der Waals surface area contributed by atoms with Crippen molar-refractivity contribution < 1.29 is 17.9 Å². The molecule has 0 saturated heterocycles. The second kappa shape index (κ2) is 9.19. The van der Waals surface area contributed by atoms with Crippen molar-refractivity contribution in [2.24, 2.45) is 23.7 Å². The predicted molar refractivity (Wildman–Crippen MR) is 105 cm³/mol. The monoisotopic (exact) mass is 446 g/mol. The van der Waals surface area contributed by atoms with Gasteiger partial charge in [-0.1, -0.05) is 32.6 Å². The third kappa shape index (κ3) is 5.42. The number of benzene rings is 1. The molecule has 0 amide bonds. The Bertz CT molecular complexity index is 606. The van der Waals surface area contributed by atoms with Crippen LogP contribution in [0.4, 0.5) is 13.2 Å². The Hall–Kier alpha value is -0.710. The van der Waals surface area contributed by atoms with E-state index in [1.807, 2.05) is 0 Å². The third-order valence-corrected chi connectivity index (χ3v) is 7.29. The zero-order valence-corrected chi connectivity index (χ0v) is 17.6. The van der Waals surface area contributed by atoms with Crippen LogP contribution in [0.5, 0.6) is 5.75 Å². The van der Waals surface area contributed by atoms with E-state index in [0.29, 0.717) is 24.7 Å². The Morgan fingerprint density at radius 1 is 1.00 bits per heavy atom. The Balaban J connectivity index is 1.50. The summed E-state index contributed by atoms with van der Waals surface area (Å²) in [6.07, 6.45) is 7.22. The normalized spacial score (nSPS) is 29.5. The van der Waals surface area contributed by atoms with E-state index in [1.165, 1.54) is 50.7 Å². The van der Waals surface area contributed by atoms with Gasteiger partial charge in [-0.2, -0.15) is 8.78 Å². The van der Waals surface area contributed by atoms with Gasteiger partial charge in [-0.3, -0.25) is 0 Å². The maximum atomic E-state index is 14.6. The highest BCUT2D eigenvalue weighted by Crippen LogP contribution is 2.46. The molecule has 1 aromatic carbocycles. The van der Waals surface area contributed by atoms with Crippen LogP contribution in [-0.2, 0) is 0 Å². The molecule has 0 atom stereocenters. The number of alkyl halides is 2. The van der Waals surface area contributed by atoms with Crippen LogP contribution in [0.1, 0.15) is 71.1 Å². The minimum absolute atomic E-state index is 0.114. The van der Waals surface area contributed by atoms with Gasteiger partial charge in [-0.15, -0.1) is 0 Å². The fraction of sp³-hybridized carbons (Fsp3) is 0.727. The van der Waals surface area contributed by atoms with Crippen LogP contribution >= 0.6 is 15.9 Å². The molecule has 0 spiro atoms. The maximum absolute atomic E-state index is 14.6. The lowest BCUT2D eigenvalue weighted by Crippen LogP contribution is -2.38. The van der Waals surface area contributed by atoms with Gasteiger partial charge in [0.05, 0.1) is 10.4 Å². The molecular weight excluding hydrogens is 417 g/mol. The van der Waals surface area contributed by atoms with Crippen LogP contribution in [0.3, 0.4) is 0 Å². The van der Waals surface area contributed by atoms with E-state index in [2.05, 4.69) is 22.9 Å². The van der Waals surface area contributed by atoms with Gasteiger partial charge in [0.25, 0.3) is 0 Å². The summed E-state index contributed by atoms with van der Waals surface area (Å²) >= 11 is 3.02. The van der Waals surface area contributed by atoms with Crippen molar-refractivity contribution in [3.05, 3.63) is 28.5 Å². The highest BCUT2D eigenvalue weighted by molar-refractivity contribution is 9.10. The molecule has 1 aromatic rings. The molecule has 2 aliphatic carbocycles. The molecule has 0 aliphatic heterocycles.